The SMILES string of the molecule is O=C(OCCCS(=O)(=O)O)c1ccc(-c2cc(-c3ccccn3)nc(-c3ccccn3)c2)cc1. The molecule has 1 aromatic carbocycles. The van der Waals surface area contributed by atoms with E-state index in [4.69, 9.17) is 14.3 Å². The first kappa shape index (κ1) is 23.2. The smallest absolute Gasteiger partial charge is 0.338 e. The van der Waals surface area contributed by atoms with Crippen LogP contribution in [0.15, 0.2) is 85.2 Å². The number of hydrogen-bond donors (Lipinski definition) is 1. The molecular formula is C25H21N3O5S. The van der Waals surface area contributed by atoms with Crippen molar-refractivity contribution >= 4 is 16.1 Å². The van der Waals surface area contributed by atoms with Crippen molar-refractivity contribution in [3.8, 4) is 33.9 Å². The molecule has 0 spiro atoms. The Morgan fingerprint density at radius 2 is 1.38 bits per heavy atom. The Hall–Kier alpha value is -3.95. The summed E-state index contributed by atoms with van der Waals surface area (Å²) < 4.78 is 35.3. The summed E-state index contributed by atoms with van der Waals surface area (Å²) in [5.41, 5.74) is 4.92. The van der Waals surface area contributed by atoms with Crippen LogP contribution in [0.3, 0.4) is 0 Å². The summed E-state index contributed by atoms with van der Waals surface area (Å²) in [6.07, 6.45) is 3.44. The second-order valence-corrected chi connectivity index (χ2v) is 8.98. The van der Waals surface area contributed by atoms with E-state index in [0.717, 1.165) is 22.5 Å². The van der Waals surface area contributed by atoms with Gasteiger partial charge in [-0.05, 0) is 66.1 Å². The zero-order chi connectivity index (χ0) is 24.0. The highest BCUT2D eigenvalue weighted by Gasteiger charge is 2.12. The van der Waals surface area contributed by atoms with Gasteiger partial charge in [-0.3, -0.25) is 14.5 Å². The van der Waals surface area contributed by atoms with E-state index in [1.54, 1.807) is 36.7 Å². The maximum absolute atomic E-state index is 12.2. The lowest BCUT2D eigenvalue weighted by molar-refractivity contribution is 0.0505. The summed E-state index contributed by atoms with van der Waals surface area (Å²) in [5.74, 6) is -1.03. The number of aromatic nitrogens is 3. The Balaban J connectivity index is 1.59. The van der Waals surface area contributed by atoms with Crippen LogP contribution in [-0.4, -0.2) is 46.3 Å². The highest BCUT2D eigenvalue weighted by atomic mass is 32.2. The molecule has 8 nitrogen and oxygen atoms in total. The quantitative estimate of drug-likeness (QED) is 0.227. The summed E-state index contributed by atoms with van der Waals surface area (Å²) in [6, 6.07) is 22.0. The molecule has 0 bridgehead atoms. The fraction of sp³-hybridized carbons (Fsp3) is 0.120. The summed E-state index contributed by atoms with van der Waals surface area (Å²) in [7, 11) is -4.08. The van der Waals surface area contributed by atoms with E-state index in [1.807, 2.05) is 48.5 Å². The number of carbonyl (C=O) groups is 1. The van der Waals surface area contributed by atoms with E-state index in [0.29, 0.717) is 17.0 Å². The summed E-state index contributed by atoms with van der Waals surface area (Å²) in [5, 5.41) is 0. The fourth-order valence-electron chi connectivity index (χ4n) is 3.28. The van der Waals surface area contributed by atoms with Crippen LogP contribution in [0.25, 0.3) is 33.9 Å². The van der Waals surface area contributed by atoms with Gasteiger partial charge in [0.2, 0.25) is 0 Å². The van der Waals surface area contributed by atoms with E-state index in [2.05, 4.69) is 9.97 Å². The highest BCUT2D eigenvalue weighted by molar-refractivity contribution is 7.85. The first-order chi connectivity index (χ1) is 16.4. The lowest BCUT2D eigenvalue weighted by Gasteiger charge is -2.10. The Morgan fingerprint density at radius 3 is 1.88 bits per heavy atom. The van der Waals surface area contributed by atoms with Crippen molar-refractivity contribution in [3.05, 3.63) is 90.8 Å². The summed E-state index contributed by atoms with van der Waals surface area (Å²) in [6.45, 7) is -0.106. The zero-order valence-electron chi connectivity index (χ0n) is 18.0. The molecule has 0 amide bonds. The van der Waals surface area contributed by atoms with Gasteiger partial charge in [-0.2, -0.15) is 8.42 Å². The normalized spacial score (nSPS) is 11.2. The Kier molecular flexibility index (Phi) is 7.05. The number of hydrogen-bond acceptors (Lipinski definition) is 7. The van der Waals surface area contributed by atoms with Gasteiger partial charge in [-0.25, -0.2) is 9.78 Å². The molecule has 4 aromatic rings. The molecular weight excluding hydrogens is 454 g/mol. The van der Waals surface area contributed by atoms with Crippen molar-refractivity contribution in [2.24, 2.45) is 0 Å². The second kappa shape index (κ2) is 10.3. The Labute approximate surface area is 197 Å². The molecule has 0 saturated carbocycles. The Morgan fingerprint density at radius 1 is 0.794 bits per heavy atom. The standard InChI is InChI=1S/C25H21N3O5S/c29-25(33-14-5-15-34(30,31)32)19-10-8-18(9-11-19)20-16-23(21-6-1-3-12-26-21)28-24(17-20)22-7-2-4-13-27-22/h1-4,6-13,16-17H,5,14-15H2,(H,30,31,32). The van der Waals surface area contributed by atoms with Crippen molar-refractivity contribution in [2.45, 2.75) is 6.42 Å². The molecule has 172 valence electrons. The average Bonchev–Trinajstić information content (AvgIpc) is 2.87. The number of pyridine rings is 3. The van der Waals surface area contributed by atoms with E-state index in [1.165, 1.54) is 0 Å². The van der Waals surface area contributed by atoms with Gasteiger partial charge >= 0.3 is 5.97 Å². The van der Waals surface area contributed by atoms with Crippen LogP contribution in [-0.2, 0) is 14.9 Å². The monoisotopic (exact) mass is 475 g/mol. The molecule has 0 atom stereocenters. The predicted molar refractivity (Wildman–Crippen MR) is 127 cm³/mol. The van der Waals surface area contributed by atoms with Crippen LogP contribution in [0, 0.1) is 0 Å². The number of benzene rings is 1. The number of rotatable bonds is 8. The second-order valence-electron chi connectivity index (χ2n) is 7.41. The fourth-order valence-corrected chi connectivity index (χ4v) is 3.76. The van der Waals surface area contributed by atoms with Crippen molar-refractivity contribution in [3.63, 3.8) is 0 Å². The van der Waals surface area contributed by atoms with Gasteiger partial charge < -0.3 is 4.74 Å². The largest absolute Gasteiger partial charge is 0.462 e. The number of nitrogens with zero attached hydrogens (tertiary/aromatic N) is 3. The molecule has 3 aromatic heterocycles. The first-order valence-corrected chi connectivity index (χ1v) is 12.1. The van der Waals surface area contributed by atoms with Gasteiger partial charge in [0.05, 0.1) is 40.7 Å². The highest BCUT2D eigenvalue weighted by Crippen LogP contribution is 2.29. The van der Waals surface area contributed by atoms with Crippen molar-refractivity contribution in [2.75, 3.05) is 12.4 Å². The maximum Gasteiger partial charge on any atom is 0.338 e. The van der Waals surface area contributed by atoms with Crippen molar-refractivity contribution in [1.29, 1.82) is 0 Å². The summed E-state index contributed by atoms with van der Waals surface area (Å²) in [4.78, 5) is 25.8. The van der Waals surface area contributed by atoms with Gasteiger partial charge in [0.25, 0.3) is 10.1 Å². The van der Waals surface area contributed by atoms with Crippen LogP contribution < -0.4 is 0 Å². The lowest BCUT2D eigenvalue weighted by Crippen LogP contribution is -2.11. The maximum atomic E-state index is 12.2. The molecule has 1 N–H and O–H groups in total. The Bertz CT molecular complexity index is 1320. The van der Waals surface area contributed by atoms with Crippen molar-refractivity contribution in [1.82, 2.24) is 15.0 Å². The van der Waals surface area contributed by atoms with Crippen LogP contribution in [0.1, 0.15) is 16.8 Å². The molecule has 3 heterocycles. The molecule has 0 aliphatic rings. The average molecular weight is 476 g/mol. The van der Waals surface area contributed by atoms with Gasteiger partial charge in [0, 0.05) is 12.4 Å². The van der Waals surface area contributed by atoms with Crippen LogP contribution >= 0.6 is 0 Å². The van der Waals surface area contributed by atoms with Gasteiger partial charge in [-0.1, -0.05) is 24.3 Å². The molecule has 34 heavy (non-hydrogen) atoms. The zero-order valence-corrected chi connectivity index (χ0v) is 18.9. The minimum atomic E-state index is -4.08. The summed E-state index contributed by atoms with van der Waals surface area (Å²) >= 11 is 0. The predicted octanol–water partition coefficient (Wildman–Crippen LogP) is 4.31. The van der Waals surface area contributed by atoms with E-state index in [-0.39, 0.29) is 13.0 Å². The third-order valence-corrected chi connectivity index (χ3v) is 5.72. The minimum absolute atomic E-state index is 0.0201. The molecule has 0 radical (unpaired) electrons. The number of carbonyl (C=O) groups excluding carboxylic acids is 1. The van der Waals surface area contributed by atoms with Crippen molar-refractivity contribution < 1.29 is 22.5 Å². The molecule has 0 saturated heterocycles. The van der Waals surface area contributed by atoms with E-state index >= 15 is 0 Å². The lowest BCUT2D eigenvalue weighted by atomic mass is 10.0. The third-order valence-electron chi connectivity index (χ3n) is 4.91. The van der Waals surface area contributed by atoms with E-state index < -0.39 is 21.8 Å². The minimum Gasteiger partial charge on any atom is -0.462 e. The van der Waals surface area contributed by atoms with Crippen LogP contribution in [0.4, 0.5) is 0 Å². The first-order valence-electron chi connectivity index (χ1n) is 10.5. The number of esters is 1. The molecule has 0 unspecified atom stereocenters. The molecule has 0 aliphatic carbocycles. The molecule has 9 heteroatoms. The molecule has 4 rings (SSSR count). The van der Waals surface area contributed by atoms with E-state index in [9.17, 15) is 13.2 Å². The van der Waals surface area contributed by atoms with Gasteiger partial charge in [0.1, 0.15) is 0 Å². The van der Waals surface area contributed by atoms with Gasteiger partial charge in [-0.15, -0.1) is 0 Å². The third kappa shape index (κ3) is 6.09. The van der Waals surface area contributed by atoms with Crippen LogP contribution in [0.5, 0.6) is 0 Å². The molecule has 0 fully saturated rings. The number of ether oxygens (including phenoxy) is 1. The molecule has 0 aliphatic heterocycles. The van der Waals surface area contributed by atoms with Gasteiger partial charge in [0.15, 0.2) is 0 Å². The van der Waals surface area contributed by atoms with Crippen LogP contribution in [0.2, 0.25) is 0 Å². The topological polar surface area (TPSA) is 119 Å².